The Morgan fingerprint density at radius 2 is 0.450 bits per heavy atom. The SMILES string of the molecule is c1ccc(-c2cc(-c3ccccc3)cc(-c3cc(-c4ccccc4)cc(-c4cc(-c5nc(-c6ccccc6)nc(-c6ccccc6)n5)ccc4-c4ccccc4)c3)c2)cc1. The van der Waals surface area contributed by atoms with Gasteiger partial charge in [0.05, 0.1) is 0 Å². The quantitative estimate of drug-likeness (QED) is 0.147. The molecule has 3 heteroatoms. The summed E-state index contributed by atoms with van der Waals surface area (Å²) in [5, 5.41) is 0. The molecule has 0 aliphatic heterocycles. The number of rotatable bonds is 9. The molecule has 0 unspecified atom stereocenters. The second-order valence-corrected chi connectivity index (χ2v) is 14.9. The number of hydrogen-bond acceptors (Lipinski definition) is 3. The minimum atomic E-state index is 0.617. The Labute approximate surface area is 351 Å². The zero-order chi connectivity index (χ0) is 40.1. The van der Waals surface area contributed by atoms with Crippen molar-refractivity contribution in [3.8, 4) is 101 Å². The molecule has 0 aliphatic rings. The smallest absolute Gasteiger partial charge is 0.164 e. The summed E-state index contributed by atoms with van der Waals surface area (Å²) in [7, 11) is 0. The van der Waals surface area contributed by atoms with Gasteiger partial charge < -0.3 is 0 Å². The van der Waals surface area contributed by atoms with E-state index in [-0.39, 0.29) is 0 Å². The lowest BCUT2D eigenvalue weighted by atomic mass is 9.87. The van der Waals surface area contributed by atoms with Crippen molar-refractivity contribution < 1.29 is 0 Å². The highest BCUT2D eigenvalue weighted by atomic mass is 15.0. The van der Waals surface area contributed by atoms with E-state index in [0.717, 1.165) is 61.2 Å². The van der Waals surface area contributed by atoms with Gasteiger partial charge in [0.2, 0.25) is 0 Å². The van der Waals surface area contributed by atoms with Crippen molar-refractivity contribution in [1.82, 2.24) is 15.0 Å². The number of aromatic nitrogens is 3. The van der Waals surface area contributed by atoms with Crippen LogP contribution in [0.15, 0.2) is 237 Å². The molecule has 3 nitrogen and oxygen atoms in total. The van der Waals surface area contributed by atoms with Crippen LogP contribution < -0.4 is 0 Å². The molecule has 0 saturated carbocycles. The Bertz CT molecular complexity index is 2930. The summed E-state index contributed by atoms with van der Waals surface area (Å²) in [6, 6.07) is 83.4. The molecule has 60 heavy (non-hydrogen) atoms. The summed E-state index contributed by atoms with van der Waals surface area (Å²) in [6.07, 6.45) is 0. The van der Waals surface area contributed by atoms with Crippen molar-refractivity contribution in [2.75, 3.05) is 0 Å². The molecule has 282 valence electrons. The first-order valence-corrected chi connectivity index (χ1v) is 20.3. The molecule has 1 aromatic heterocycles. The first kappa shape index (κ1) is 36.3. The molecule has 1 heterocycles. The molecule has 9 aromatic carbocycles. The molecule has 0 fully saturated rings. The van der Waals surface area contributed by atoms with Crippen LogP contribution in [0.5, 0.6) is 0 Å². The standard InChI is InChI=1S/C57H39N3/c1-7-19-40(20-8-1)47-33-48(41-21-9-2-10-22-41)35-50(34-47)51-36-49(42-23-11-3-12-24-42)37-52(38-51)54-39-46(31-32-53(54)43-25-13-4-14-26-43)57-59-55(44-27-15-5-16-28-44)58-56(60-57)45-29-17-6-18-30-45/h1-39H. The van der Waals surface area contributed by atoms with Crippen molar-refractivity contribution >= 4 is 0 Å². The molecular formula is C57H39N3. The van der Waals surface area contributed by atoms with Crippen LogP contribution in [0.2, 0.25) is 0 Å². The zero-order valence-electron chi connectivity index (χ0n) is 32.9. The second kappa shape index (κ2) is 16.5. The molecule has 10 rings (SSSR count). The summed E-state index contributed by atoms with van der Waals surface area (Å²) in [4.78, 5) is 15.2. The van der Waals surface area contributed by atoms with E-state index in [0.29, 0.717) is 17.5 Å². The van der Waals surface area contributed by atoms with Crippen LogP contribution in [0.1, 0.15) is 0 Å². The Morgan fingerprint density at radius 3 is 0.817 bits per heavy atom. The van der Waals surface area contributed by atoms with E-state index in [1.807, 2.05) is 60.7 Å². The van der Waals surface area contributed by atoms with Crippen LogP contribution in [0.3, 0.4) is 0 Å². The van der Waals surface area contributed by atoms with Gasteiger partial charge in [-0.2, -0.15) is 0 Å². The van der Waals surface area contributed by atoms with E-state index in [4.69, 9.17) is 15.0 Å². The van der Waals surface area contributed by atoms with Gasteiger partial charge in [-0.1, -0.05) is 194 Å². The minimum Gasteiger partial charge on any atom is -0.208 e. The van der Waals surface area contributed by atoms with Gasteiger partial charge in [-0.3, -0.25) is 0 Å². The molecule has 0 spiro atoms. The predicted molar refractivity (Wildman–Crippen MR) is 249 cm³/mol. The van der Waals surface area contributed by atoms with E-state index >= 15 is 0 Å². The fourth-order valence-electron chi connectivity index (χ4n) is 7.87. The molecular weight excluding hydrogens is 727 g/mol. The lowest BCUT2D eigenvalue weighted by Gasteiger charge is -2.17. The van der Waals surface area contributed by atoms with Crippen molar-refractivity contribution in [1.29, 1.82) is 0 Å². The van der Waals surface area contributed by atoms with Crippen molar-refractivity contribution in [2.24, 2.45) is 0 Å². The van der Waals surface area contributed by atoms with E-state index in [9.17, 15) is 0 Å². The molecule has 0 radical (unpaired) electrons. The van der Waals surface area contributed by atoms with Gasteiger partial charge in [0.25, 0.3) is 0 Å². The molecule has 0 bridgehead atoms. The second-order valence-electron chi connectivity index (χ2n) is 14.9. The van der Waals surface area contributed by atoms with Crippen LogP contribution in [-0.4, -0.2) is 15.0 Å². The fourth-order valence-corrected chi connectivity index (χ4v) is 7.87. The molecule has 0 aliphatic carbocycles. The van der Waals surface area contributed by atoms with Crippen molar-refractivity contribution in [3.05, 3.63) is 237 Å². The third kappa shape index (κ3) is 7.68. The maximum absolute atomic E-state index is 5.12. The Balaban J connectivity index is 1.21. The van der Waals surface area contributed by atoms with Crippen LogP contribution in [0.25, 0.3) is 101 Å². The van der Waals surface area contributed by atoms with Crippen LogP contribution in [0.4, 0.5) is 0 Å². The minimum absolute atomic E-state index is 0.617. The largest absolute Gasteiger partial charge is 0.208 e. The van der Waals surface area contributed by atoms with Gasteiger partial charge in [-0.05, 0) is 109 Å². The molecule has 0 saturated heterocycles. The topological polar surface area (TPSA) is 38.7 Å². The van der Waals surface area contributed by atoms with Gasteiger partial charge >= 0.3 is 0 Å². The summed E-state index contributed by atoms with van der Waals surface area (Å²) in [5.41, 5.74) is 16.5. The summed E-state index contributed by atoms with van der Waals surface area (Å²) < 4.78 is 0. The first-order valence-electron chi connectivity index (χ1n) is 20.3. The van der Waals surface area contributed by atoms with Crippen LogP contribution >= 0.6 is 0 Å². The molecule has 10 aromatic rings. The van der Waals surface area contributed by atoms with E-state index in [1.165, 1.54) is 22.3 Å². The number of benzene rings is 9. The summed E-state index contributed by atoms with van der Waals surface area (Å²) >= 11 is 0. The Morgan fingerprint density at radius 1 is 0.167 bits per heavy atom. The highest BCUT2D eigenvalue weighted by Gasteiger charge is 2.18. The predicted octanol–water partition coefficient (Wildman–Crippen LogP) is 14.9. The van der Waals surface area contributed by atoms with Crippen LogP contribution in [0, 0.1) is 0 Å². The highest BCUT2D eigenvalue weighted by Crippen LogP contribution is 2.41. The lowest BCUT2D eigenvalue weighted by Crippen LogP contribution is -2.00. The van der Waals surface area contributed by atoms with E-state index in [1.54, 1.807) is 0 Å². The molecule has 0 amide bonds. The average Bonchev–Trinajstić information content (AvgIpc) is 3.35. The Kier molecular flexibility index (Phi) is 9.97. The maximum Gasteiger partial charge on any atom is 0.164 e. The third-order valence-electron chi connectivity index (χ3n) is 10.9. The van der Waals surface area contributed by atoms with Crippen LogP contribution in [-0.2, 0) is 0 Å². The summed E-state index contributed by atoms with van der Waals surface area (Å²) in [5.74, 6) is 1.88. The lowest BCUT2D eigenvalue weighted by molar-refractivity contribution is 1.07. The third-order valence-corrected chi connectivity index (χ3v) is 10.9. The molecule has 0 atom stereocenters. The zero-order valence-corrected chi connectivity index (χ0v) is 32.9. The fraction of sp³-hybridized carbons (Fsp3) is 0. The van der Waals surface area contributed by atoms with Gasteiger partial charge in [-0.15, -0.1) is 0 Å². The van der Waals surface area contributed by atoms with Gasteiger partial charge in [-0.25, -0.2) is 15.0 Å². The van der Waals surface area contributed by atoms with E-state index in [2.05, 4.69) is 176 Å². The maximum atomic E-state index is 5.12. The average molecular weight is 766 g/mol. The van der Waals surface area contributed by atoms with Gasteiger partial charge in [0.1, 0.15) is 0 Å². The molecule has 0 N–H and O–H groups in total. The number of nitrogens with zero attached hydrogens (tertiary/aromatic N) is 3. The monoisotopic (exact) mass is 765 g/mol. The normalized spacial score (nSPS) is 11.0. The van der Waals surface area contributed by atoms with E-state index < -0.39 is 0 Å². The Hall–Kier alpha value is -8.01. The first-order chi connectivity index (χ1) is 29.7. The summed E-state index contributed by atoms with van der Waals surface area (Å²) in [6.45, 7) is 0. The van der Waals surface area contributed by atoms with Crippen molar-refractivity contribution in [3.63, 3.8) is 0 Å². The highest BCUT2D eigenvalue weighted by molar-refractivity contribution is 5.92. The number of hydrogen-bond donors (Lipinski definition) is 0. The van der Waals surface area contributed by atoms with Crippen molar-refractivity contribution in [2.45, 2.75) is 0 Å². The van der Waals surface area contributed by atoms with Gasteiger partial charge in [0.15, 0.2) is 17.5 Å². The van der Waals surface area contributed by atoms with Gasteiger partial charge in [0, 0.05) is 16.7 Å².